The highest BCUT2D eigenvalue weighted by Crippen LogP contribution is 2.34. The third-order valence-corrected chi connectivity index (χ3v) is 13.2. The van der Waals surface area contributed by atoms with E-state index in [1.54, 1.807) is 23.9 Å². The summed E-state index contributed by atoms with van der Waals surface area (Å²) in [5.74, 6) is -0.547. The summed E-state index contributed by atoms with van der Waals surface area (Å²) in [5.41, 5.74) is 1.92. The highest BCUT2D eigenvalue weighted by Gasteiger charge is 2.40. The second-order valence-corrected chi connectivity index (χ2v) is 18.0. The summed E-state index contributed by atoms with van der Waals surface area (Å²) in [6.45, 7) is 5.21. The number of hydrogen-bond donors (Lipinski definition) is 3. The normalized spacial score (nSPS) is 16.9. The average Bonchev–Trinajstić information content (AvgIpc) is 4.22. The second kappa shape index (κ2) is 23.2. The monoisotopic (exact) mass is 951 g/mol. The Labute approximate surface area is 399 Å². The summed E-state index contributed by atoms with van der Waals surface area (Å²) in [4.78, 5) is 56.9. The maximum atomic E-state index is 13.7. The fourth-order valence-corrected chi connectivity index (χ4v) is 9.60. The largest absolute Gasteiger partial charge is 0.465 e. The molecule has 5 aromatic heterocycles. The number of nitrogens with one attached hydrogen (secondary N) is 3. The molecule has 368 valence electrons. The van der Waals surface area contributed by atoms with Crippen molar-refractivity contribution in [3.63, 3.8) is 0 Å². The van der Waals surface area contributed by atoms with Gasteiger partial charge in [-0.05, 0) is 83.0 Å². The van der Waals surface area contributed by atoms with Crippen LogP contribution in [0.25, 0.3) is 16.6 Å². The van der Waals surface area contributed by atoms with Gasteiger partial charge in [-0.25, -0.2) is 18.3 Å². The molecule has 3 N–H and O–H groups in total. The van der Waals surface area contributed by atoms with Crippen LogP contribution in [-0.2, 0) is 27.4 Å². The zero-order chi connectivity index (χ0) is 48.3. The van der Waals surface area contributed by atoms with Gasteiger partial charge in [0.15, 0.2) is 11.3 Å². The van der Waals surface area contributed by atoms with Gasteiger partial charge in [-0.2, -0.15) is 10.2 Å². The number of carbonyl (C=O) groups excluding carboxylic acids is 3. The van der Waals surface area contributed by atoms with Gasteiger partial charge in [-0.15, -0.1) is 0 Å². The zero-order valence-electron chi connectivity index (χ0n) is 39.5. The molecule has 3 fully saturated rings. The molecule has 7 heterocycles. The Bertz CT molecular complexity index is 2760. The van der Waals surface area contributed by atoms with Gasteiger partial charge in [0, 0.05) is 60.4 Å². The highest BCUT2D eigenvalue weighted by atomic mass is 19.3. The summed E-state index contributed by atoms with van der Waals surface area (Å²) in [6.07, 6.45) is 20.4. The predicted molar refractivity (Wildman–Crippen MR) is 259 cm³/mol. The van der Waals surface area contributed by atoms with Crippen molar-refractivity contribution in [3.8, 4) is 0 Å². The molecule has 2 atom stereocenters. The van der Waals surface area contributed by atoms with Gasteiger partial charge >= 0.3 is 5.97 Å². The Morgan fingerprint density at radius 2 is 1.65 bits per heavy atom. The Morgan fingerprint density at radius 1 is 0.870 bits per heavy atom. The van der Waals surface area contributed by atoms with E-state index in [1.807, 2.05) is 37.5 Å². The van der Waals surface area contributed by atoms with E-state index in [0.717, 1.165) is 81.3 Å². The molecule has 0 radical (unpaired) electrons. The van der Waals surface area contributed by atoms with Crippen LogP contribution in [0.4, 0.5) is 26.0 Å². The van der Waals surface area contributed by atoms with Crippen LogP contribution >= 0.6 is 0 Å². The van der Waals surface area contributed by atoms with Crippen LogP contribution in [0.5, 0.6) is 0 Å². The van der Waals surface area contributed by atoms with Crippen LogP contribution < -0.4 is 26.4 Å². The molecular formula is C50H63F2N11O6. The summed E-state index contributed by atoms with van der Waals surface area (Å²) < 4.78 is 44.5. The van der Waals surface area contributed by atoms with Crippen molar-refractivity contribution in [2.75, 3.05) is 48.9 Å². The lowest BCUT2D eigenvalue weighted by Gasteiger charge is -2.27. The Balaban J connectivity index is 0.000000186. The molecule has 2 aliphatic heterocycles. The number of amides is 2. The van der Waals surface area contributed by atoms with Crippen LogP contribution in [0, 0.1) is 0 Å². The van der Waals surface area contributed by atoms with Crippen LogP contribution in [0.3, 0.4) is 0 Å². The lowest BCUT2D eigenvalue weighted by Crippen LogP contribution is -2.37. The second-order valence-electron chi connectivity index (χ2n) is 18.0. The van der Waals surface area contributed by atoms with Crippen molar-refractivity contribution in [3.05, 3.63) is 101 Å². The van der Waals surface area contributed by atoms with E-state index in [9.17, 15) is 28.0 Å². The molecule has 17 nitrogen and oxygen atoms in total. The molecule has 2 saturated heterocycles. The molecule has 69 heavy (non-hydrogen) atoms. The first kappa shape index (κ1) is 49.0. The van der Waals surface area contributed by atoms with Crippen LogP contribution in [-0.4, -0.2) is 96.8 Å². The summed E-state index contributed by atoms with van der Waals surface area (Å²) in [6, 6.07) is 12.8. The number of benzene rings is 1. The van der Waals surface area contributed by atoms with E-state index >= 15 is 0 Å². The van der Waals surface area contributed by atoms with Crippen molar-refractivity contribution in [2.45, 2.75) is 128 Å². The van der Waals surface area contributed by atoms with Gasteiger partial charge < -0.3 is 39.5 Å². The van der Waals surface area contributed by atoms with Gasteiger partial charge in [0.2, 0.25) is 0 Å². The molecule has 19 heteroatoms. The van der Waals surface area contributed by atoms with Crippen molar-refractivity contribution < 1.29 is 32.6 Å². The molecule has 3 aliphatic rings. The number of ether oxygens (including phenoxy) is 2. The van der Waals surface area contributed by atoms with Gasteiger partial charge in [0.05, 0.1) is 49.0 Å². The maximum absolute atomic E-state index is 13.7. The molecule has 1 unspecified atom stereocenters. The predicted octanol–water partition coefficient (Wildman–Crippen LogP) is 8.17. The molecule has 6 aromatic rings. The fraction of sp³-hybridized carbons (Fsp3) is 0.500. The number of hydrogen-bond acceptors (Lipinski definition) is 11. The first-order valence-electron chi connectivity index (χ1n) is 24.4. The van der Waals surface area contributed by atoms with Crippen molar-refractivity contribution >= 4 is 51.5 Å². The fourth-order valence-electron chi connectivity index (χ4n) is 9.60. The lowest BCUT2D eigenvalue weighted by atomic mass is 9.96. The maximum Gasteiger partial charge on any atom is 0.326 e. The number of pyridine rings is 1. The summed E-state index contributed by atoms with van der Waals surface area (Å²) in [5, 5.41) is 17.9. The van der Waals surface area contributed by atoms with Crippen LogP contribution in [0.2, 0.25) is 0 Å². The number of anilines is 3. The number of morpholine rings is 1. The van der Waals surface area contributed by atoms with Crippen molar-refractivity contribution in [1.82, 2.24) is 38.8 Å². The number of rotatable bonds is 20. The molecule has 0 spiro atoms. The Hall–Kier alpha value is -6.47. The van der Waals surface area contributed by atoms with E-state index in [2.05, 4.69) is 40.6 Å². The van der Waals surface area contributed by atoms with Gasteiger partial charge in [-0.1, -0.05) is 57.4 Å². The molecule has 1 aromatic carbocycles. The van der Waals surface area contributed by atoms with E-state index in [0.29, 0.717) is 23.5 Å². The molecule has 1 saturated carbocycles. The van der Waals surface area contributed by atoms with Crippen LogP contribution in [0.1, 0.15) is 129 Å². The first-order valence-corrected chi connectivity index (χ1v) is 24.4. The minimum absolute atomic E-state index is 0.0325. The van der Waals surface area contributed by atoms with Crippen LogP contribution in [0.15, 0.2) is 78.2 Å². The number of unbranched alkanes of at least 4 members (excludes halogenated alkanes) is 6. The Kier molecular flexibility index (Phi) is 16.5. The number of halogens is 2. The number of nitrogens with zero attached hydrogens (tertiary/aromatic N) is 8. The third kappa shape index (κ3) is 12.0. The Morgan fingerprint density at radius 3 is 2.39 bits per heavy atom. The number of esters is 1. The van der Waals surface area contributed by atoms with Crippen molar-refractivity contribution in [1.29, 1.82) is 0 Å². The number of carbonyl (C=O) groups is 3. The highest BCUT2D eigenvalue weighted by molar-refractivity contribution is 6.12. The smallest absolute Gasteiger partial charge is 0.326 e. The first-order chi connectivity index (χ1) is 33.6. The van der Waals surface area contributed by atoms with E-state index in [4.69, 9.17) is 9.47 Å². The molecule has 1 aliphatic carbocycles. The number of aryl methyl sites for hydroxylation is 1. The minimum Gasteiger partial charge on any atom is -0.465 e. The van der Waals surface area contributed by atoms with E-state index in [-0.39, 0.29) is 54.1 Å². The lowest BCUT2D eigenvalue weighted by molar-refractivity contribution is -0.143. The summed E-state index contributed by atoms with van der Waals surface area (Å²) >= 11 is 0. The average molecular weight is 952 g/mol. The number of alkyl halides is 2. The summed E-state index contributed by atoms with van der Waals surface area (Å²) in [7, 11) is 2.00. The minimum atomic E-state index is -2.79. The standard InChI is InChI=1S/C28H38N4O4.C22H25F2N7O2/c1-3-36-27(34)21-32-20-22(14-15-26(32)33)30-28(35)24-12-11-13-25-23(24)16-19-31(25)18-10-8-6-4-5-7-9-17-29-2;23-20(24)19-17(11-31(28-19)13-4-2-1-3-5-13)26-22(32)16-9-25-30-7-6-18(27-21(16)30)29-10-15-8-14(29)12-33-15/h11-16,19-20,29H,3-10,17-18,21H2,1-2H3,(H,30,35);6-7,9,11,13-15,20H,1-5,8,10,12H2,(H,26,32)/t;14-,15?/m.1/s1. The van der Waals surface area contributed by atoms with E-state index in [1.165, 1.54) is 78.3 Å². The van der Waals surface area contributed by atoms with Gasteiger partial charge in [0.1, 0.15) is 17.9 Å². The van der Waals surface area contributed by atoms with Gasteiger partial charge in [-0.3, -0.25) is 23.9 Å². The quantitative estimate of drug-likeness (QED) is 0.0496. The molecular weight excluding hydrogens is 889 g/mol. The number of fused-ring (bicyclic) bond motifs is 4. The molecule has 2 bridgehead atoms. The van der Waals surface area contributed by atoms with Crippen molar-refractivity contribution in [2.24, 2.45) is 0 Å². The number of aromatic nitrogens is 7. The van der Waals surface area contributed by atoms with E-state index < -0.39 is 24.0 Å². The zero-order valence-corrected chi connectivity index (χ0v) is 39.5. The van der Waals surface area contributed by atoms with Gasteiger partial charge in [0.25, 0.3) is 23.8 Å². The molecule has 2 amide bonds. The topological polar surface area (TPSA) is 184 Å². The SMILES string of the molecule is CCOC(=O)Cn1cc(NC(=O)c2cccc3c2ccn3CCCCCCCCCNC)ccc1=O.O=C(Nc1cn(C2CCCCC2)nc1C(F)F)c1cnn2ccc(N3CC4C[C@@H]3CO4)nc12. The third-order valence-electron chi connectivity index (χ3n) is 13.2. The molecule has 9 rings (SSSR count).